The Morgan fingerprint density at radius 2 is 2.28 bits per heavy atom. The first kappa shape index (κ1) is 13.4. The van der Waals surface area contributed by atoms with Crippen molar-refractivity contribution in [2.75, 3.05) is 38.8 Å². The van der Waals surface area contributed by atoms with E-state index in [4.69, 9.17) is 4.74 Å². The monoisotopic (exact) mass is 248 g/mol. The van der Waals surface area contributed by atoms with Crippen LogP contribution in [-0.4, -0.2) is 33.9 Å². The van der Waals surface area contributed by atoms with Crippen molar-refractivity contribution in [1.82, 2.24) is 5.32 Å². The van der Waals surface area contributed by atoms with E-state index in [0.29, 0.717) is 0 Å². The van der Waals surface area contributed by atoms with Gasteiger partial charge in [-0.25, -0.2) is 0 Å². The molecular weight excluding hydrogens is 224 g/mol. The summed E-state index contributed by atoms with van der Waals surface area (Å²) in [5.74, 6) is 0. The van der Waals surface area contributed by atoms with Crippen molar-refractivity contribution in [1.29, 1.82) is 0 Å². The molecule has 3 nitrogen and oxygen atoms in total. The summed E-state index contributed by atoms with van der Waals surface area (Å²) >= 11 is 0. The third-order valence-corrected chi connectivity index (χ3v) is 3.53. The van der Waals surface area contributed by atoms with Crippen molar-refractivity contribution < 1.29 is 4.74 Å². The lowest BCUT2D eigenvalue weighted by Crippen LogP contribution is -2.25. The van der Waals surface area contributed by atoms with E-state index in [1.54, 1.807) is 7.11 Å². The van der Waals surface area contributed by atoms with Gasteiger partial charge in [0.1, 0.15) is 0 Å². The Hall–Kier alpha value is -1.06. The van der Waals surface area contributed by atoms with Crippen LogP contribution in [0.3, 0.4) is 0 Å². The van der Waals surface area contributed by atoms with Gasteiger partial charge in [-0.2, -0.15) is 0 Å². The van der Waals surface area contributed by atoms with E-state index in [0.717, 1.165) is 26.1 Å². The fourth-order valence-corrected chi connectivity index (χ4v) is 2.52. The predicted octanol–water partition coefficient (Wildman–Crippen LogP) is 2.20. The maximum atomic E-state index is 5.03. The van der Waals surface area contributed by atoms with Gasteiger partial charge in [0.2, 0.25) is 0 Å². The molecule has 0 aromatic heterocycles. The molecule has 0 radical (unpaired) electrons. The minimum absolute atomic E-state index is 0.835. The van der Waals surface area contributed by atoms with E-state index < -0.39 is 0 Å². The Morgan fingerprint density at radius 1 is 1.39 bits per heavy atom. The first-order valence-electron chi connectivity index (χ1n) is 6.84. The van der Waals surface area contributed by atoms with E-state index in [1.165, 1.54) is 36.2 Å². The van der Waals surface area contributed by atoms with Crippen molar-refractivity contribution >= 4 is 5.69 Å². The lowest BCUT2D eigenvalue weighted by Gasteiger charge is -2.27. The molecule has 1 N–H and O–H groups in total. The van der Waals surface area contributed by atoms with Gasteiger partial charge in [0.05, 0.1) is 0 Å². The zero-order valence-electron chi connectivity index (χ0n) is 11.5. The second kappa shape index (κ2) is 6.76. The topological polar surface area (TPSA) is 24.5 Å². The van der Waals surface area contributed by atoms with Gasteiger partial charge in [0.25, 0.3) is 0 Å². The first-order chi connectivity index (χ1) is 8.81. The normalized spacial score (nSPS) is 14.7. The van der Waals surface area contributed by atoms with Crippen LogP contribution in [-0.2, 0) is 17.7 Å². The molecule has 0 saturated heterocycles. The molecule has 0 atom stereocenters. The molecule has 1 aromatic rings. The molecule has 0 unspecified atom stereocenters. The fraction of sp³-hybridized carbons (Fsp3) is 0.600. The van der Waals surface area contributed by atoms with Gasteiger partial charge in [0.15, 0.2) is 0 Å². The number of fused-ring (bicyclic) bond motifs is 1. The van der Waals surface area contributed by atoms with E-state index in [-0.39, 0.29) is 0 Å². The summed E-state index contributed by atoms with van der Waals surface area (Å²) in [6.45, 7) is 4.00. The minimum Gasteiger partial charge on any atom is -0.385 e. The molecule has 0 bridgehead atoms. The van der Waals surface area contributed by atoms with Crippen LogP contribution in [0.15, 0.2) is 18.2 Å². The summed E-state index contributed by atoms with van der Waals surface area (Å²) < 4.78 is 5.03. The Morgan fingerprint density at radius 3 is 3.11 bits per heavy atom. The van der Waals surface area contributed by atoms with Gasteiger partial charge in [-0.05, 0) is 43.0 Å². The van der Waals surface area contributed by atoms with E-state index in [2.05, 4.69) is 35.5 Å². The number of nitrogens with one attached hydrogen (secondary N) is 1. The average Bonchev–Trinajstić information content (AvgIpc) is 2.39. The Kier molecular flexibility index (Phi) is 5.02. The van der Waals surface area contributed by atoms with E-state index in [1.807, 2.05) is 0 Å². The van der Waals surface area contributed by atoms with Crippen LogP contribution in [0, 0.1) is 0 Å². The Labute approximate surface area is 110 Å². The van der Waals surface area contributed by atoms with Crippen LogP contribution in [0.1, 0.15) is 24.0 Å². The average molecular weight is 248 g/mol. The number of hydrogen-bond acceptors (Lipinski definition) is 3. The highest BCUT2D eigenvalue weighted by Crippen LogP contribution is 2.26. The smallest absolute Gasteiger partial charge is 0.0474 e. The second-order valence-corrected chi connectivity index (χ2v) is 5.01. The molecule has 1 aliphatic rings. The maximum Gasteiger partial charge on any atom is 0.0474 e. The molecule has 0 aliphatic carbocycles. The number of benzene rings is 1. The zero-order chi connectivity index (χ0) is 12.8. The molecule has 0 fully saturated rings. The predicted molar refractivity (Wildman–Crippen MR) is 76.2 cm³/mol. The Balaban J connectivity index is 1.87. The third-order valence-electron chi connectivity index (χ3n) is 3.53. The van der Waals surface area contributed by atoms with Gasteiger partial charge < -0.3 is 15.0 Å². The van der Waals surface area contributed by atoms with Crippen molar-refractivity contribution in [2.45, 2.75) is 25.8 Å². The molecule has 0 spiro atoms. The summed E-state index contributed by atoms with van der Waals surface area (Å²) in [5, 5.41) is 3.46. The summed E-state index contributed by atoms with van der Waals surface area (Å²) in [7, 11) is 3.93. The molecule has 18 heavy (non-hydrogen) atoms. The highest BCUT2D eigenvalue weighted by atomic mass is 16.5. The zero-order valence-corrected chi connectivity index (χ0v) is 11.5. The highest BCUT2D eigenvalue weighted by molar-refractivity contribution is 5.56. The van der Waals surface area contributed by atoms with Gasteiger partial charge in [0, 0.05) is 39.5 Å². The molecule has 1 aliphatic heterocycles. The molecule has 1 heterocycles. The maximum absolute atomic E-state index is 5.03. The molecule has 100 valence electrons. The minimum atomic E-state index is 0.835. The highest BCUT2D eigenvalue weighted by Gasteiger charge is 2.13. The van der Waals surface area contributed by atoms with Crippen LogP contribution < -0.4 is 10.2 Å². The summed E-state index contributed by atoms with van der Waals surface area (Å²) in [5.41, 5.74) is 4.30. The second-order valence-electron chi connectivity index (χ2n) is 5.01. The fourth-order valence-electron chi connectivity index (χ4n) is 2.52. The van der Waals surface area contributed by atoms with Crippen molar-refractivity contribution in [2.24, 2.45) is 0 Å². The Bertz CT molecular complexity index is 379. The molecule has 3 heteroatoms. The lowest BCUT2D eigenvalue weighted by molar-refractivity contribution is 0.194. The van der Waals surface area contributed by atoms with Gasteiger partial charge in [-0.15, -0.1) is 0 Å². The number of hydrogen-bond donors (Lipinski definition) is 1. The number of anilines is 1. The first-order valence-corrected chi connectivity index (χ1v) is 6.84. The summed E-state index contributed by atoms with van der Waals surface area (Å²) in [4.78, 5) is 2.36. The number of methoxy groups -OCH3 is 1. The van der Waals surface area contributed by atoms with Crippen LogP contribution in [0.5, 0.6) is 0 Å². The number of nitrogens with zero attached hydrogens (tertiary/aromatic N) is 1. The molecule has 2 rings (SSSR count). The van der Waals surface area contributed by atoms with Crippen molar-refractivity contribution in [3.63, 3.8) is 0 Å². The molecular formula is C15H24N2O. The summed E-state index contributed by atoms with van der Waals surface area (Å²) in [6.07, 6.45) is 3.57. The largest absolute Gasteiger partial charge is 0.385 e. The van der Waals surface area contributed by atoms with Crippen molar-refractivity contribution in [3.05, 3.63) is 29.3 Å². The van der Waals surface area contributed by atoms with Crippen LogP contribution in [0.25, 0.3) is 0 Å². The SMILES string of the molecule is COCCCNCc1ccc2c(c1)CCCN2C. The standard InChI is InChI=1S/C15H24N2O/c1-17-9-3-5-14-11-13(6-7-15(14)17)12-16-8-4-10-18-2/h6-7,11,16H,3-5,8-10,12H2,1-2H3. The van der Waals surface area contributed by atoms with E-state index >= 15 is 0 Å². The lowest BCUT2D eigenvalue weighted by atomic mass is 9.99. The quantitative estimate of drug-likeness (QED) is 0.781. The van der Waals surface area contributed by atoms with Gasteiger partial charge in [-0.3, -0.25) is 0 Å². The van der Waals surface area contributed by atoms with E-state index in [9.17, 15) is 0 Å². The van der Waals surface area contributed by atoms with Crippen LogP contribution in [0.2, 0.25) is 0 Å². The number of ether oxygens (including phenoxy) is 1. The molecule has 0 amide bonds. The third kappa shape index (κ3) is 3.47. The van der Waals surface area contributed by atoms with Gasteiger partial charge in [-0.1, -0.05) is 12.1 Å². The summed E-state index contributed by atoms with van der Waals surface area (Å²) in [6, 6.07) is 6.86. The van der Waals surface area contributed by atoms with Crippen molar-refractivity contribution in [3.8, 4) is 0 Å². The number of rotatable bonds is 6. The van der Waals surface area contributed by atoms with Crippen LogP contribution >= 0.6 is 0 Å². The van der Waals surface area contributed by atoms with Crippen LogP contribution in [0.4, 0.5) is 5.69 Å². The van der Waals surface area contributed by atoms with Gasteiger partial charge >= 0.3 is 0 Å². The molecule has 1 aromatic carbocycles. The number of aryl methyl sites for hydroxylation is 1. The molecule has 0 saturated carbocycles.